The Balaban J connectivity index is 1.50. The Hall–Kier alpha value is -7.21. The second-order valence-corrected chi connectivity index (χ2v) is 14.5. The summed E-state index contributed by atoms with van der Waals surface area (Å²) in [4.78, 5) is 113. The summed E-state index contributed by atoms with van der Waals surface area (Å²) in [5, 5.41) is 11.1. The predicted octanol–water partition coefficient (Wildman–Crippen LogP) is 1.25. The molecule has 0 saturated carbocycles. The number of ketones is 1. The van der Waals surface area contributed by atoms with Crippen molar-refractivity contribution in [1.29, 1.82) is 0 Å². The molecule has 24 heteroatoms. The monoisotopic (exact) mass is 934 g/mol. The molecule has 0 radical (unpaired) electrons. The molecule has 2 fully saturated rings. The van der Waals surface area contributed by atoms with E-state index < -0.39 is 127 Å². The molecular formula is C42H46O24. The Labute approximate surface area is 374 Å². The minimum Gasteiger partial charge on any atom is -0.507 e. The number of benzene rings is 2. The van der Waals surface area contributed by atoms with Crippen LogP contribution in [0.1, 0.15) is 70.0 Å². The van der Waals surface area contributed by atoms with Crippen LogP contribution in [0.25, 0.3) is 0 Å². The third kappa shape index (κ3) is 11.5. The zero-order chi connectivity index (χ0) is 48.7. The summed E-state index contributed by atoms with van der Waals surface area (Å²) >= 11 is 0. The maximum absolute atomic E-state index is 13.7. The van der Waals surface area contributed by atoms with E-state index in [1.54, 1.807) is 0 Å². The summed E-state index contributed by atoms with van der Waals surface area (Å²) in [6.07, 6.45) is -18.9. The highest BCUT2D eigenvalue weighted by Gasteiger charge is 2.57. The zero-order valence-corrected chi connectivity index (χ0v) is 36.8. The van der Waals surface area contributed by atoms with E-state index in [-0.39, 0.29) is 40.5 Å². The van der Waals surface area contributed by atoms with Crippen molar-refractivity contribution < 1.29 is 115 Å². The van der Waals surface area contributed by atoms with Gasteiger partial charge in [-0.25, -0.2) is 9.59 Å². The first-order valence-electron chi connectivity index (χ1n) is 19.7. The summed E-state index contributed by atoms with van der Waals surface area (Å²) in [6.45, 7) is 6.09. The molecule has 5 rings (SSSR count). The number of methoxy groups -OCH3 is 3. The highest BCUT2D eigenvalue weighted by molar-refractivity contribution is 6.02. The molecule has 3 heterocycles. The molecule has 0 amide bonds. The van der Waals surface area contributed by atoms with E-state index in [0.29, 0.717) is 0 Å². The molecule has 66 heavy (non-hydrogen) atoms. The van der Waals surface area contributed by atoms with E-state index in [4.69, 9.17) is 66.3 Å². The van der Waals surface area contributed by atoms with Crippen molar-refractivity contribution >= 4 is 53.5 Å². The molecule has 11 atom stereocenters. The van der Waals surface area contributed by atoms with Crippen LogP contribution in [0.15, 0.2) is 30.3 Å². The van der Waals surface area contributed by atoms with Crippen LogP contribution in [-0.2, 0) is 85.7 Å². The van der Waals surface area contributed by atoms with Crippen molar-refractivity contribution in [3.8, 4) is 28.7 Å². The highest BCUT2D eigenvalue weighted by atomic mass is 16.8. The number of hydrogen-bond donors (Lipinski definition) is 1. The van der Waals surface area contributed by atoms with Crippen LogP contribution in [0.4, 0.5) is 0 Å². The highest BCUT2D eigenvalue weighted by Crippen LogP contribution is 2.45. The van der Waals surface area contributed by atoms with Gasteiger partial charge in [-0.3, -0.25) is 33.6 Å². The van der Waals surface area contributed by atoms with Crippen molar-refractivity contribution in [3.63, 3.8) is 0 Å². The molecule has 358 valence electrons. The molecule has 0 spiro atoms. The van der Waals surface area contributed by atoms with E-state index in [9.17, 15) is 48.3 Å². The molecule has 2 saturated heterocycles. The lowest BCUT2D eigenvalue weighted by molar-refractivity contribution is -0.282. The third-order valence-corrected chi connectivity index (χ3v) is 9.70. The minimum absolute atomic E-state index is 0.0311. The van der Waals surface area contributed by atoms with E-state index >= 15 is 0 Å². The van der Waals surface area contributed by atoms with Crippen molar-refractivity contribution in [1.82, 2.24) is 0 Å². The van der Waals surface area contributed by atoms with Crippen LogP contribution in [0.5, 0.6) is 28.7 Å². The second kappa shape index (κ2) is 21.2. The van der Waals surface area contributed by atoms with Gasteiger partial charge in [0.1, 0.15) is 28.9 Å². The molecule has 0 aromatic heterocycles. The van der Waals surface area contributed by atoms with Gasteiger partial charge in [0, 0.05) is 53.7 Å². The average Bonchev–Trinajstić information content (AvgIpc) is 3.22. The van der Waals surface area contributed by atoms with Crippen LogP contribution in [0.2, 0.25) is 0 Å². The Morgan fingerprint density at radius 1 is 0.561 bits per heavy atom. The lowest BCUT2D eigenvalue weighted by atomic mass is 9.95. The fourth-order valence-electron chi connectivity index (χ4n) is 7.26. The quantitative estimate of drug-likeness (QED) is 0.206. The summed E-state index contributed by atoms with van der Waals surface area (Å²) in [5.41, 5.74) is -0.0288. The van der Waals surface area contributed by atoms with Crippen LogP contribution in [0.3, 0.4) is 0 Å². The maximum Gasteiger partial charge on any atom is 0.339 e. The van der Waals surface area contributed by atoms with Gasteiger partial charge in [-0.15, -0.1) is 0 Å². The number of phenols is 1. The number of hydrogen-bond acceptors (Lipinski definition) is 24. The average molecular weight is 935 g/mol. The number of fused-ring (bicyclic) bond motifs is 1. The fraction of sp³-hybridized carbons (Fsp3) is 0.500. The van der Waals surface area contributed by atoms with E-state index in [1.165, 1.54) is 31.4 Å². The van der Waals surface area contributed by atoms with Crippen molar-refractivity contribution in [2.75, 3.05) is 21.3 Å². The lowest BCUT2D eigenvalue weighted by Gasteiger charge is -2.43. The summed E-state index contributed by atoms with van der Waals surface area (Å²) < 4.78 is 77.4. The number of carbonyl (C=O) groups is 9. The summed E-state index contributed by atoms with van der Waals surface area (Å²) in [6, 6.07) is 6.43. The molecule has 2 unspecified atom stereocenters. The number of esters is 8. The summed E-state index contributed by atoms with van der Waals surface area (Å²) in [5.74, 6) is -9.64. The van der Waals surface area contributed by atoms with Gasteiger partial charge in [0.2, 0.25) is 24.8 Å². The maximum atomic E-state index is 13.7. The van der Waals surface area contributed by atoms with Gasteiger partial charge in [-0.05, 0) is 17.7 Å². The Morgan fingerprint density at radius 2 is 1.00 bits per heavy atom. The first-order valence-corrected chi connectivity index (χ1v) is 19.7. The van der Waals surface area contributed by atoms with Gasteiger partial charge in [-0.1, -0.05) is 6.07 Å². The normalized spacial score (nSPS) is 26.6. The van der Waals surface area contributed by atoms with Crippen molar-refractivity contribution in [3.05, 3.63) is 41.5 Å². The minimum atomic E-state index is -1.83. The molecule has 0 aliphatic carbocycles. The standard InChI is InChI=1S/C42H46O24/c1-16(43)56-31-33(58-18(3)45)37(60-20(5)47)41(65-35(31)39(51)54-8)62-23-13-24(49)30-25(50)15-27(63-29(30)14-23)22-10-11-26(53-7)28(12-22)64-42-38(61-21(6)48)34(59-19(4)46)32(57-17(2)44)36(66-42)40(52)55-9/h10-14,27,31-38,41-42,49H,15H2,1-9H3/t27?,31-,32+,33+,34?,35-,36+,37+,38-,41+,42-/m0/s1. The van der Waals surface area contributed by atoms with E-state index in [0.717, 1.165) is 61.8 Å². The van der Waals surface area contributed by atoms with Gasteiger partial charge >= 0.3 is 47.8 Å². The third-order valence-electron chi connectivity index (χ3n) is 9.70. The predicted molar refractivity (Wildman–Crippen MR) is 209 cm³/mol. The molecule has 2 aromatic carbocycles. The Bertz CT molecular complexity index is 2240. The Morgan fingerprint density at radius 3 is 1.44 bits per heavy atom. The molecule has 2 aromatic rings. The SMILES string of the molecule is COC(=O)[C@H]1O[C@@H](Oc2cc(O)c3c(c2)OC(c2ccc(OC)c(O[C@H]4O[C@@H](C(=O)OC)[C@H](OC(C)=O)C(OC(C)=O)[C@@H]4OC(C)=O)c2)CC3=O)[C@H](OC(C)=O)[C@H](OC(C)=O)[C@@H]1OC(C)=O. The fourth-order valence-corrected chi connectivity index (χ4v) is 7.26. The molecule has 0 bridgehead atoms. The number of carbonyl (C=O) groups excluding carboxylic acids is 9. The molecule has 1 N–H and O–H groups in total. The lowest BCUT2D eigenvalue weighted by Crippen LogP contribution is -2.64. The Kier molecular flexibility index (Phi) is 16.0. The smallest absolute Gasteiger partial charge is 0.339 e. The molecular weight excluding hydrogens is 888 g/mol. The number of rotatable bonds is 14. The molecule has 3 aliphatic heterocycles. The number of Topliss-reactive ketones (excluding diaryl/α,β-unsaturated/α-hetero) is 1. The van der Waals surface area contributed by atoms with Gasteiger partial charge in [0.05, 0.1) is 27.8 Å². The van der Waals surface area contributed by atoms with Gasteiger partial charge in [-0.2, -0.15) is 0 Å². The topological polar surface area (TPSA) is 303 Å². The van der Waals surface area contributed by atoms with Crippen LogP contribution >= 0.6 is 0 Å². The van der Waals surface area contributed by atoms with Crippen LogP contribution in [0, 0.1) is 0 Å². The number of ether oxygens (including phenoxy) is 14. The van der Waals surface area contributed by atoms with E-state index in [1.807, 2.05) is 0 Å². The summed E-state index contributed by atoms with van der Waals surface area (Å²) in [7, 11) is 3.30. The number of aromatic hydroxyl groups is 1. The number of phenolic OH excluding ortho intramolecular Hbond substituents is 1. The van der Waals surface area contributed by atoms with Crippen LogP contribution < -0.4 is 18.9 Å². The first-order chi connectivity index (χ1) is 31.1. The van der Waals surface area contributed by atoms with Crippen molar-refractivity contribution in [2.24, 2.45) is 0 Å². The van der Waals surface area contributed by atoms with Gasteiger partial charge in [0.15, 0.2) is 53.9 Å². The van der Waals surface area contributed by atoms with Gasteiger partial charge in [0.25, 0.3) is 0 Å². The molecule has 3 aliphatic rings. The van der Waals surface area contributed by atoms with Crippen molar-refractivity contribution in [2.45, 2.75) is 115 Å². The largest absolute Gasteiger partial charge is 0.507 e. The second-order valence-electron chi connectivity index (χ2n) is 14.5. The van der Waals surface area contributed by atoms with Gasteiger partial charge < -0.3 is 71.4 Å². The molecule has 24 nitrogen and oxygen atoms in total. The van der Waals surface area contributed by atoms with E-state index in [2.05, 4.69) is 0 Å². The first kappa shape index (κ1) is 49.8. The van der Waals surface area contributed by atoms with Crippen LogP contribution in [-0.4, -0.2) is 141 Å². The zero-order valence-electron chi connectivity index (χ0n) is 36.8.